The van der Waals surface area contributed by atoms with Crippen LogP contribution < -0.4 is 9.47 Å². The van der Waals surface area contributed by atoms with Gasteiger partial charge in [-0.25, -0.2) is 4.79 Å². The number of methoxy groups -OCH3 is 1. The molecule has 1 amide bonds. The predicted molar refractivity (Wildman–Crippen MR) is 110 cm³/mol. The Morgan fingerprint density at radius 2 is 1.97 bits per heavy atom. The molecule has 8 nitrogen and oxygen atoms in total. The number of amidine groups is 2. The van der Waals surface area contributed by atoms with Crippen molar-refractivity contribution in [3.8, 4) is 11.5 Å². The highest BCUT2D eigenvalue weighted by Gasteiger charge is 2.32. The van der Waals surface area contributed by atoms with Crippen molar-refractivity contribution in [2.75, 3.05) is 7.11 Å². The van der Waals surface area contributed by atoms with E-state index in [0.29, 0.717) is 27.8 Å². The molecule has 2 aromatic carbocycles. The van der Waals surface area contributed by atoms with Gasteiger partial charge in [0, 0.05) is 0 Å². The number of hydrogen-bond donors (Lipinski definition) is 1. The molecule has 1 N–H and O–H groups in total. The lowest BCUT2D eigenvalue weighted by Crippen LogP contribution is -2.35. The number of nitrogens with zero attached hydrogens (tertiary/aromatic N) is 3. The molecule has 0 saturated carbocycles. The second-order valence-corrected chi connectivity index (χ2v) is 6.76. The number of amides is 1. The van der Waals surface area contributed by atoms with Gasteiger partial charge in [-0.1, -0.05) is 18.2 Å². The number of fused-ring (bicyclic) bond motifs is 1. The van der Waals surface area contributed by atoms with E-state index < -0.39 is 11.9 Å². The first-order valence-corrected chi connectivity index (χ1v) is 9.32. The number of nitrogens with one attached hydrogen (secondary N) is 1. The quantitative estimate of drug-likeness (QED) is 0.475. The standard InChI is InChI=1S/C20H14N4O4S/c1-27-15-4-2-3-13(10-15)19(26)28-14-7-5-12(6-8-14)9-16-17(21)24-20(23-18(16)25)29-11-22-24/h2-11,21H,1H3/b16-9-,21-17?. The molecular weight excluding hydrogens is 392 g/mol. The molecule has 2 aliphatic rings. The fourth-order valence-corrected chi connectivity index (χ4v) is 3.26. The highest BCUT2D eigenvalue weighted by Crippen LogP contribution is 2.25. The molecule has 0 spiro atoms. The molecule has 0 unspecified atom stereocenters. The normalized spacial score (nSPS) is 16.7. The Morgan fingerprint density at radius 1 is 1.17 bits per heavy atom. The van der Waals surface area contributed by atoms with E-state index in [1.165, 1.54) is 29.4 Å². The van der Waals surface area contributed by atoms with Crippen LogP contribution in [0.3, 0.4) is 0 Å². The number of carbonyl (C=O) groups is 2. The third kappa shape index (κ3) is 3.81. The van der Waals surface area contributed by atoms with Crippen LogP contribution in [0.15, 0.2) is 64.2 Å². The third-order valence-electron chi connectivity index (χ3n) is 4.10. The number of aliphatic imine (C=N–C) groups is 1. The van der Waals surface area contributed by atoms with Gasteiger partial charge in [0.25, 0.3) is 5.91 Å². The lowest BCUT2D eigenvalue weighted by Gasteiger charge is -2.20. The molecule has 0 bridgehead atoms. The van der Waals surface area contributed by atoms with Crippen molar-refractivity contribution < 1.29 is 19.1 Å². The van der Waals surface area contributed by atoms with Crippen LogP contribution in [0.1, 0.15) is 15.9 Å². The number of hydrogen-bond acceptors (Lipinski definition) is 7. The summed E-state index contributed by atoms with van der Waals surface area (Å²) in [7, 11) is 1.52. The maximum absolute atomic E-state index is 12.3. The summed E-state index contributed by atoms with van der Waals surface area (Å²) in [5.41, 5.74) is 2.69. The van der Waals surface area contributed by atoms with Crippen LogP contribution in [0.4, 0.5) is 0 Å². The van der Waals surface area contributed by atoms with Gasteiger partial charge in [0.2, 0.25) is 0 Å². The second-order valence-electron chi connectivity index (χ2n) is 5.95. The predicted octanol–water partition coefficient (Wildman–Crippen LogP) is 3.16. The van der Waals surface area contributed by atoms with E-state index in [0.717, 1.165) is 0 Å². The van der Waals surface area contributed by atoms with Crippen LogP contribution in [0, 0.1) is 5.41 Å². The van der Waals surface area contributed by atoms with Crippen LogP contribution in [0.2, 0.25) is 0 Å². The summed E-state index contributed by atoms with van der Waals surface area (Å²) in [6.45, 7) is 0. The number of carbonyl (C=O) groups excluding carboxylic acids is 2. The fourth-order valence-electron chi connectivity index (χ4n) is 2.65. The minimum Gasteiger partial charge on any atom is -0.497 e. The first kappa shape index (κ1) is 18.6. The summed E-state index contributed by atoms with van der Waals surface area (Å²) in [5.74, 6) is -0.119. The molecule has 2 aliphatic heterocycles. The maximum atomic E-state index is 12.3. The van der Waals surface area contributed by atoms with E-state index >= 15 is 0 Å². The Morgan fingerprint density at radius 3 is 2.72 bits per heavy atom. The van der Waals surface area contributed by atoms with E-state index in [-0.39, 0.29) is 11.4 Å². The smallest absolute Gasteiger partial charge is 0.343 e. The van der Waals surface area contributed by atoms with Crippen molar-refractivity contribution in [2.24, 2.45) is 10.1 Å². The number of benzene rings is 2. The zero-order chi connectivity index (χ0) is 20.4. The molecule has 29 heavy (non-hydrogen) atoms. The fraction of sp³-hybridized carbons (Fsp3) is 0.0500. The van der Waals surface area contributed by atoms with E-state index in [2.05, 4.69) is 10.1 Å². The van der Waals surface area contributed by atoms with Crippen LogP contribution in [-0.4, -0.2) is 40.5 Å². The summed E-state index contributed by atoms with van der Waals surface area (Å²) in [4.78, 5) is 28.4. The molecule has 4 rings (SSSR count). The summed E-state index contributed by atoms with van der Waals surface area (Å²) >= 11 is 1.19. The molecule has 144 valence electrons. The van der Waals surface area contributed by atoms with E-state index in [1.54, 1.807) is 54.6 Å². The maximum Gasteiger partial charge on any atom is 0.343 e. The van der Waals surface area contributed by atoms with Crippen LogP contribution >= 0.6 is 11.8 Å². The van der Waals surface area contributed by atoms with Gasteiger partial charge in [-0.15, -0.1) is 0 Å². The number of thioether (sulfide) groups is 1. The van der Waals surface area contributed by atoms with E-state index in [9.17, 15) is 9.59 Å². The number of ether oxygens (including phenoxy) is 2. The molecule has 2 aromatic rings. The average molecular weight is 406 g/mol. The Kier molecular flexibility index (Phi) is 4.96. The van der Waals surface area contributed by atoms with Gasteiger partial charge in [0.15, 0.2) is 11.0 Å². The highest BCUT2D eigenvalue weighted by molar-refractivity contribution is 8.25. The zero-order valence-corrected chi connectivity index (χ0v) is 16.0. The topological polar surface area (TPSA) is 104 Å². The van der Waals surface area contributed by atoms with Crippen molar-refractivity contribution in [2.45, 2.75) is 0 Å². The SMILES string of the molecule is COc1cccc(C(=O)Oc2ccc(/C=C3/C(=N)N4N=CSC4=NC3=O)cc2)c1. The van der Waals surface area contributed by atoms with Crippen molar-refractivity contribution in [1.82, 2.24) is 5.01 Å². The molecule has 0 aliphatic carbocycles. The first-order valence-electron chi connectivity index (χ1n) is 8.44. The molecule has 2 heterocycles. The molecule has 0 saturated heterocycles. The van der Waals surface area contributed by atoms with Gasteiger partial charge in [-0.3, -0.25) is 10.2 Å². The monoisotopic (exact) mass is 406 g/mol. The number of esters is 1. The van der Waals surface area contributed by atoms with Gasteiger partial charge in [-0.2, -0.15) is 15.1 Å². The Hall–Kier alpha value is -3.72. The largest absolute Gasteiger partial charge is 0.497 e. The Labute approximate surface area is 170 Å². The zero-order valence-electron chi connectivity index (χ0n) is 15.2. The average Bonchev–Trinajstić information content (AvgIpc) is 3.21. The van der Waals surface area contributed by atoms with Gasteiger partial charge in [0.05, 0.1) is 23.8 Å². The number of hydrazone groups is 1. The lowest BCUT2D eigenvalue weighted by molar-refractivity contribution is -0.114. The molecule has 0 radical (unpaired) electrons. The minimum absolute atomic E-state index is 0.0326. The minimum atomic E-state index is -0.509. The molecule has 0 aromatic heterocycles. The second kappa shape index (κ2) is 7.72. The van der Waals surface area contributed by atoms with Gasteiger partial charge in [0.1, 0.15) is 11.5 Å². The van der Waals surface area contributed by atoms with Crippen molar-refractivity contribution >= 4 is 46.3 Å². The van der Waals surface area contributed by atoms with Gasteiger partial charge in [-0.05, 0) is 53.7 Å². The first-order chi connectivity index (χ1) is 14.0. The van der Waals surface area contributed by atoms with Crippen LogP contribution in [0.25, 0.3) is 6.08 Å². The van der Waals surface area contributed by atoms with Crippen molar-refractivity contribution in [1.29, 1.82) is 5.41 Å². The Balaban J connectivity index is 1.50. The summed E-state index contributed by atoms with van der Waals surface area (Å²) in [5, 5.41) is 13.9. The summed E-state index contributed by atoms with van der Waals surface area (Å²) in [6, 6.07) is 13.3. The molecular formula is C20H14N4O4S. The molecule has 0 fully saturated rings. The lowest BCUT2D eigenvalue weighted by atomic mass is 10.1. The van der Waals surface area contributed by atoms with E-state index in [1.807, 2.05) is 0 Å². The summed E-state index contributed by atoms with van der Waals surface area (Å²) < 4.78 is 10.5. The van der Waals surface area contributed by atoms with Gasteiger partial charge < -0.3 is 9.47 Å². The highest BCUT2D eigenvalue weighted by atomic mass is 32.2. The molecule has 0 atom stereocenters. The molecule has 9 heteroatoms. The number of rotatable bonds is 4. The van der Waals surface area contributed by atoms with Crippen LogP contribution in [-0.2, 0) is 4.79 Å². The Bertz CT molecular complexity index is 1110. The van der Waals surface area contributed by atoms with Crippen molar-refractivity contribution in [3.63, 3.8) is 0 Å². The van der Waals surface area contributed by atoms with E-state index in [4.69, 9.17) is 14.9 Å². The third-order valence-corrected chi connectivity index (χ3v) is 4.78. The van der Waals surface area contributed by atoms with Gasteiger partial charge >= 0.3 is 5.97 Å². The summed E-state index contributed by atoms with van der Waals surface area (Å²) in [6.07, 6.45) is 1.55. The van der Waals surface area contributed by atoms with Crippen molar-refractivity contribution in [3.05, 3.63) is 65.2 Å². The van der Waals surface area contributed by atoms with Crippen LogP contribution in [0.5, 0.6) is 11.5 Å².